The third-order valence-corrected chi connectivity index (χ3v) is 5.20. The highest BCUT2D eigenvalue weighted by Crippen LogP contribution is 2.32. The lowest BCUT2D eigenvalue weighted by atomic mass is 10.0. The van der Waals surface area contributed by atoms with Crippen molar-refractivity contribution in [2.45, 2.75) is 45.2 Å². The first-order valence-electron chi connectivity index (χ1n) is 7.58. The zero-order valence-corrected chi connectivity index (χ0v) is 14.3. The molecular weight excluding hydrogens is 268 g/mol. The van der Waals surface area contributed by atoms with Crippen LogP contribution in [0.1, 0.15) is 43.2 Å². The second kappa shape index (κ2) is 6.87. The Balaban J connectivity index is 2.08. The van der Waals surface area contributed by atoms with Gasteiger partial charge >= 0.3 is 0 Å². The van der Waals surface area contributed by atoms with Crippen molar-refractivity contribution in [1.29, 1.82) is 0 Å². The van der Waals surface area contributed by atoms with Crippen molar-refractivity contribution in [3.8, 4) is 0 Å². The average Bonchev–Trinajstić information content (AvgIpc) is 2.83. The highest BCUT2D eigenvalue weighted by atomic mass is 32.1. The third-order valence-electron chi connectivity index (χ3n) is 4.07. The molecule has 1 N–H and O–H groups in total. The highest BCUT2D eigenvalue weighted by molar-refractivity contribution is 7.15. The van der Waals surface area contributed by atoms with Gasteiger partial charge in [-0.2, -0.15) is 0 Å². The third kappa shape index (κ3) is 3.51. The number of thiazole rings is 1. The van der Waals surface area contributed by atoms with Gasteiger partial charge in [0.25, 0.3) is 0 Å². The van der Waals surface area contributed by atoms with Gasteiger partial charge in [0.1, 0.15) is 0 Å². The highest BCUT2D eigenvalue weighted by Gasteiger charge is 2.24. The van der Waals surface area contributed by atoms with Gasteiger partial charge in [-0.05, 0) is 39.9 Å². The fraction of sp³-hybridized carbons (Fsp3) is 0.800. The Kier molecular flexibility index (Phi) is 5.41. The number of piperidine rings is 1. The first-order chi connectivity index (χ1) is 9.52. The van der Waals surface area contributed by atoms with Crippen LogP contribution in [0.5, 0.6) is 0 Å². The molecule has 0 aromatic carbocycles. The molecule has 2 heterocycles. The van der Waals surface area contributed by atoms with E-state index in [1.807, 2.05) is 18.4 Å². The van der Waals surface area contributed by atoms with Crippen LogP contribution < -0.4 is 10.2 Å². The van der Waals surface area contributed by atoms with Gasteiger partial charge in [0.15, 0.2) is 5.13 Å². The van der Waals surface area contributed by atoms with Gasteiger partial charge in [-0.3, -0.25) is 0 Å². The summed E-state index contributed by atoms with van der Waals surface area (Å²) in [6, 6.07) is 0.729. The Labute approximate surface area is 127 Å². The van der Waals surface area contributed by atoms with Crippen LogP contribution in [0.25, 0.3) is 0 Å². The fourth-order valence-corrected chi connectivity index (χ4v) is 4.08. The van der Waals surface area contributed by atoms with Gasteiger partial charge in [0.05, 0.1) is 5.69 Å². The molecule has 0 spiro atoms. The largest absolute Gasteiger partial charge is 0.348 e. The van der Waals surface area contributed by atoms with Crippen molar-refractivity contribution >= 4 is 16.5 Å². The predicted molar refractivity (Wildman–Crippen MR) is 87.9 cm³/mol. The Bertz CT molecular complexity index is 420. The van der Waals surface area contributed by atoms with Crippen molar-refractivity contribution in [3.63, 3.8) is 0 Å². The van der Waals surface area contributed by atoms with Crippen LogP contribution in [-0.4, -0.2) is 50.2 Å². The minimum Gasteiger partial charge on any atom is -0.348 e. The van der Waals surface area contributed by atoms with Crippen LogP contribution in [0.3, 0.4) is 0 Å². The van der Waals surface area contributed by atoms with Crippen molar-refractivity contribution in [2.75, 3.05) is 39.1 Å². The molecular formula is C15H28N4S. The van der Waals surface area contributed by atoms with E-state index in [1.165, 1.54) is 28.5 Å². The van der Waals surface area contributed by atoms with Gasteiger partial charge in [0.2, 0.25) is 0 Å². The lowest BCUT2D eigenvalue weighted by molar-refractivity contribution is 0.249. The Morgan fingerprint density at radius 1 is 1.35 bits per heavy atom. The summed E-state index contributed by atoms with van der Waals surface area (Å²) in [7, 11) is 6.38. The minimum atomic E-state index is 0.502. The molecule has 1 aliphatic rings. The molecule has 0 bridgehead atoms. The quantitative estimate of drug-likeness (QED) is 0.905. The molecule has 5 heteroatoms. The maximum Gasteiger partial charge on any atom is 0.185 e. The predicted octanol–water partition coefficient (Wildman–Crippen LogP) is 2.52. The molecule has 1 aliphatic heterocycles. The van der Waals surface area contributed by atoms with Crippen molar-refractivity contribution in [2.24, 2.45) is 0 Å². The van der Waals surface area contributed by atoms with Crippen LogP contribution in [0, 0.1) is 0 Å². The molecule has 4 nitrogen and oxygen atoms in total. The summed E-state index contributed by atoms with van der Waals surface area (Å²) >= 11 is 1.87. The van der Waals surface area contributed by atoms with E-state index in [0.717, 1.165) is 25.7 Å². The lowest BCUT2D eigenvalue weighted by Crippen LogP contribution is -2.41. The molecule has 114 valence electrons. The number of nitrogens with one attached hydrogen (secondary N) is 1. The average molecular weight is 296 g/mol. The Hall–Kier alpha value is -0.650. The van der Waals surface area contributed by atoms with E-state index in [0.29, 0.717) is 5.92 Å². The SMILES string of the molecule is CNCc1sc(N2CCC(N(C)C)CC2)nc1C(C)C. The van der Waals surface area contributed by atoms with Gasteiger partial charge in [0, 0.05) is 30.6 Å². The Morgan fingerprint density at radius 2 is 2.00 bits per heavy atom. The van der Waals surface area contributed by atoms with Crippen LogP contribution in [0.2, 0.25) is 0 Å². The standard InChI is InChI=1S/C15H28N4S/c1-11(2)14-13(10-16-3)20-15(17-14)19-8-6-12(7-9-19)18(4)5/h11-12,16H,6-10H2,1-5H3. The monoisotopic (exact) mass is 296 g/mol. The first kappa shape index (κ1) is 15.7. The lowest BCUT2D eigenvalue weighted by Gasteiger charge is -2.35. The van der Waals surface area contributed by atoms with Gasteiger partial charge in [-0.25, -0.2) is 4.98 Å². The molecule has 2 rings (SSSR count). The van der Waals surface area contributed by atoms with Crippen LogP contribution in [0.4, 0.5) is 5.13 Å². The number of anilines is 1. The van der Waals surface area contributed by atoms with Gasteiger partial charge < -0.3 is 15.1 Å². The van der Waals surface area contributed by atoms with Crippen molar-refractivity contribution in [3.05, 3.63) is 10.6 Å². The zero-order valence-electron chi connectivity index (χ0n) is 13.4. The van der Waals surface area contributed by atoms with E-state index in [1.54, 1.807) is 0 Å². The summed E-state index contributed by atoms with van der Waals surface area (Å²) in [5.41, 5.74) is 1.27. The summed E-state index contributed by atoms with van der Waals surface area (Å²) in [5.74, 6) is 0.502. The fourth-order valence-electron chi connectivity index (χ4n) is 2.80. The minimum absolute atomic E-state index is 0.502. The molecule has 0 atom stereocenters. The molecule has 20 heavy (non-hydrogen) atoms. The van der Waals surface area contributed by atoms with E-state index in [2.05, 4.69) is 43.1 Å². The number of nitrogens with zero attached hydrogens (tertiary/aromatic N) is 3. The number of aromatic nitrogens is 1. The molecule has 1 saturated heterocycles. The van der Waals surface area contributed by atoms with E-state index in [-0.39, 0.29) is 0 Å². The van der Waals surface area contributed by atoms with E-state index < -0.39 is 0 Å². The summed E-state index contributed by atoms with van der Waals surface area (Å²) in [5, 5.41) is 4.48. The first-order valence-corrected chi connectivity index (χ1v) is 8.40. The second-order valence-corrected chi connectivity index (χ2v) is 7.23. The molecule has 0 aliphatic carbocycles. The number of rotatable bonds is 5. The topological polar surface area (TPSA) is 31.4 Å². The maximum atomic E-state index is 4.91. The molecule has 1 fully saturated rings. The summed E-state index contributed by atoms with van der Waals surface area (Å²) < 4.78 is 0. The molecule has 0 saturated carbocycles. The molecule has 0 unspecified atom stereocenters. The van der Waals surface area contributed by atoms with E-state index in [9.17, 15) is 0 Å². The van der Waals surface area contributed by atoms with Crippen molar-refractivity contribution in [1.82, 2.24) is 15.2 Å². The summed E-state index contributed by atoms with van der Waals surface area (Å²) in [4.78, 5) is 11.1. The smallest absolute Gasteiger partial charge is 0.185 e. The second-order valence-electron chi connectivity index (χ2n) is 6.17. The normalized spacial score (nSPS) is 17.4. The Morgan fingerprint density at radius 3 is 2.50 bits per heavy atom. The molecule has 0 amide bonds. The number of hydrogen-bond donors (Lipinski definition) is 1. The van der Waals surface area contributed by atoms with Crippen LogP contribution in [0.15, 0.2) is 0 Å². The molecule has 0 radical (unpaired) electrons. The molecule has 1 aromatic rings. The molecule has 1 aromatic heterocycles. The van der Waals surface area contributed by atoms with Crippen LogP contribution in [-0.2, 0) is 6.54 Å². The van der Waals surface area contributed by atoms with E-state index in [4.69, 9.17) is 4.98 Å². The maximum absolute atomic E-state index is 4.91. The summed E-state index contributed by atoms with van der Waals surface area (Å²) in [6.45, 7) is 7.66. The van der Waals surface area contributed by atoms with Crippen LogP contribution >= 0.6 is 11.3 Å². The van der Waals surface area contributed by atoms with Crippen molar-refractivity contribution < 1.29 is 0 Å². The zero-order chi connectivity index (χ0) is 14.7. The van der Waals surface area contributed by atoms with Gasteiger partial charge in [-0.15, -0.1) is 11.3 Å². The number of hydrogen-bond acceptors (Lipinski definition) is 5. The summed E-state index contributed by atoms with van der Waals surface area (Å²) in [6.07, 6.45) is 2.48. The van der Waals surface area contributed by atoms with E-state index >= 15 is 0 Å². The van der Waals surface area contributed by atoms with Gasteiger partial charge in [-0.1, -0.05) is 13.8 Å².